The molecule has 0 bridgehead atoms. The van der Waals surface area contributed by atoms with E-state index in [9.17, 15) is 23.4 Å². The number of anilines is 4. The zero-order valence-electron chi connectivity index (χ0n) is 20.9. The number of carbonyl (C=O) groups excluding carboxylic acids is 1. The number of aromatic hydroxyl groups is 2. The summed E-state index contributed by atoms with van der Waals surface area (Å²) in [5.74, 6) is -0.672. The Morgan fingerprint density at radius 3 is 2.25 bits per heavy atom. The molecule has 12 nitrogen and oxygen atoms in total. The number of para-hydroxylation sites is 2. The lowest BCUT2D eigenvalue weighted by atomic mass is 10.2. The second kappa shape index (κ2) is 10.7. The minimum atomic E-state index is -4.22. The van der Waals surface area contributed by atoms with Crippen LogP contribution in [0.5, 0.6) is 17.4 Å². The van der Waals surface area contributed by atoms with Gasteiger partial charge >= 0.3 is 0 Å². The summed E-state index contributed by atoms with van der Waals surface area (Å²) in [7, 11) is -2.77. The van der Waals surface area contributed by atoms with Gasteiger partial charge in [0, 0.05) is 35.6 Å². The van der Waals surface area contributed by atoms with Crippen molar-refractivity contribution in [2.24, 2.45) is 0 Å². The molecule has 0 saturated carbocycles. The number of fused-ring (bicyclic) bond motifs is 1. The predicted molar refractivity (Wildman–Crippen MR) is 149 cm³/mol. The van der Waals surface area contributed by atoms with Gasteiger partial charge in [0.05, 0.1) is 23.0 Å². The number of aromatic nitrogens is 3. The number of rotatable bonds is 8. The highest BCUT2D eigenvalue weighted by Crippen LogP contribution is 2.31. The van der Waals surface area contributed by atoms with E-state index in [-0.39, 0.29) is 39.5 Å². The number of hydrogen-bond donors (Lipinski definition) is 5. The quantitative estimate of drug-likeness (QED) is 0.185. The summed E-state index contributed by atoms with van der Waals surface area (Å²) in [6, 6.07) is 21.2. The van der Waals surface area contributed by atoms with Gasteiger partial charge in [0.2, 0.25) is 5.88 Å². The molecule has 0 aliphatic rings. The van der Waals surface area contributed by atoms with Crippen molar-refractivity contribution in [2.75, 3.05) is 22.5 Å². The molecule has 5 N–H and O–H groups in total. The summed E-state index contributed by atoms with van der Waals surface area (Å²) in [6.45, 7) is 0. The van der Waals surface area contributed by atoms with Crippen LogP contribution in [0.25, 0.3) is 11.0 Å². The number of ether oxygens (including phenoxy) is 1. The van der Waals surface area contributed by atoms with Gasteiger partial charge in [-0.25, -0.2) is 23.4 Å². The van der Waals surface area contributed by atoms with Crippen molar-refractivity contribution in [3.63, 3.8) is 0 Å². The van der Waals surface area contributed by atoms with E-state index in [2.05, 4.69) is 30.3 Å². The van der Waals surface area contributed by atoms with Crippen molar-refractivity contribution in [3.8, 4) is 17.4 Å². The number of hydrogen-bond acceptors (Lipinski definition) is 10. The number of nitrogens with zero attached hydrogens (tertiary/aromatic N) is 3. The fourth-order valence-electron chi connectivity index (χ4n) is 3.74. The molecule has 13 heteroatoms. The summed E-state index contributed by atoms with van der Waals surface area (Å²) in [5, 5.41) is 25.1. The number of phenols is 1. The van der Waals surface area contributed by atoms with Crippen LogP contribution in [0.4, 0.5) is 23.0 Å². The summed E-state index contributed by atoms with van der Waals surface area (Å²) < 4.78 is 34.5. The summed E-state index contributed by atoms with van der Waals surface area (Å²) in [4.78, 5) is 25.1. The average Bonchev–Trinajstić information content (AvgIpc) is 2.93. The lowest BCUT2D eigenvalue weighted by Crippen LogP contribution is -2.17. The molecule has 0 radical (unpaired) electrons. The first-order valence-corrected chi connectivity index (χ1v) is 13.2. The zero-order valence-corrected chi connectivity index (χ0v) is 21.7. The Morgan fingerprint density at radius 2 is 1.52 bits per heavy atom. The molecule has 0 unspecified atom stereocenters. The van der Waals surface area contributed by atoms with E-state index in [4.69, 9.17) is 4.74 Å². The zero-order chi connectivity index (χ0) is 28.3. The van der Waals surface area contributed by atoms with E-state index in [1.807, 2.05) is 0 Å². The molecule has 5 rings (SSSR count). The monoisotopic (exact) mass is 558 g/mol. The first kappa shape index (κ1) is 26.2. The minimum absolute atomic E-state index is 0.0443. The fraction of sp³-hybridized carbons (Fsp3) is 0.0370. The highest BCUT2D eigenvalue weighted by Gasteiger charge is 2.20. The van der Waals surface area contributed by atoms with Crippen molar-refractivity contribution in [1.29, 1.82) is 0 Å². The van der Waals surface area contributed by atoms with Crippen LogP contribution < -0.4 is 20.1 Å². The Balaban J connectivity index is 1.47. The third-order valence-corrected chi connectivity index (χ3v) is 6.90. The smallest absolute Gasteiger partial charge is 0.274 e. The van der Waals surface area contributed by atoms with E-state index in [1.54, 1.807) is 30.3 Å². The Kier molecular flexibility index (Phi) is 7.03. The molecule has 3 aromatic carbocycles. The first-order valence-electron chi connectivity index (χ1n) is 11.7. The van der Waals surface area contributed by atoms with E-state index < -0.39 is 15.9 Å². The number of methoxy groups -OCH3 is 1. The van der Waals surface area contributed by atoms with Crippen LogP contribution in [0.1, 0.15) is 10.5 Å². The maximum absolute atomic E-state index is 13.4. The molecule has 5 aromatic rings. The highest BCUT2D eigenvalue weighted by atomic mass is 32.2. The number of nitrogens with one attached hydrogen (secondary N) is 3. The summed E-state index contributed by atoms with van der Waals surface area (Å²) >= 11 is 0. The first-order chi connectivity index (χ1) is 19.2. The molecule has 40 heavy (non-hydrogen) atoms. The van der Waals surface area contributed by atoms with E-state index >= 15 is 0 Å². The van der Waals surface area contributed by atoms with Crippen LogP contribution in [-0.2, 0) is 10.0 Å². The number of pyridine rings is 1. The van der Waals surface area contributed by atoms with Gasteiger partial charge in [-0.2, -0.15) is 0 Å². The van der Waals surface area contributed by atoms with Crippen LogP contribution in [0.2, 0.25) is 0 Å². The van der Waals surface area contributed by atoms with Crippen LogP contribution in [0, 0.1) is 0 Å². The summed E-state index contributed by atoms with van der Waals surface area (Å²) in [6.07, 6.45) is 0. The third kappa shape index (κ3) is 5.84. The van der Waals surface area contributed by atoms with Crippen LogP contribution in [0.15, 0.2) is 89.8 Å². The van der Waals surface area contributed by atoms with Crippen molar-refractivity contribution >= 4 is 50.0 Å². The topological polar surface area (TPSA) is 176 Å². The SMILES string of the molecule is COc1cc(O)cc(Nc2nc3ccccc3nc2NS(=O)(=O)c2cccc(NC(=O)c3cccc(O)n3)c2)c1. The minimum Gasteiger partial charge on any atom is -0.508 e. The Morgan fingerprint density at radius 1 is 0.800 bits per heavy atom. The number of carbonyl (C=O) groups is 1. The molecule has 0 atom stereocenters. The molecule has 1 amide bonds. The molecule has 0 spiro atoms. The number of sulfonamides is 1. The largest absolute Gasteiger partial charge is 0.508 e. The van der Waals surface area contributed by atoms with Crippen LogP contribution in [0.3, 0.4) is 0 Å². The molecule has 0 fully saturated rings. The van der Waals surface area contributed by atoms with Crippen molar-refractivity contribution in [3.05, 3.63) is 90.6 Å². The van der Waals surface area contributed by atoms with E-state index in [1.165, 1.54) is 61.7 Å². The lowest BCUT2D eigenvalue weighted by molar-refractivity contribution is 0.102. The molecule has 0 aliphatic carbocycles. The van der Waals surface area contributed by atoms with Crippen molar-refractivity contribution < 1.29 is 28.2 Å². The van der Waals surface area contributed by atoms with E-state index in [0.29, 0.717) is 22.5 Å². The van der Waals surface area contributed by atoms with Gasteiger partial charge in [0.1, 0.15) is 17.2 Å². The predicted octanol–water partition coefficient (Wildman–Crippen LogP) is 4.24. The molecule has 0 saturated heterocycles. The van der Waals surface area contributed by atoms with Gasteiger partial charge in [-0.1, -0.05) is 24.3 Å². The number of benzene rings is 3. The summed E-state index contributed by atoms with van der Waals surface area (Å²) in [5.41, 5.74) is 1.47. The van der Waals surface area contributed by atoms with Gasteiger partial charge in [-0.05, 0) is 36.4 Å². The molecular formula is C27H22N6O6S. The molecule has 0 aliphatic heterocycles. The molecular weight excluding hydrogens is 536 g/mol. The second-order valence-corrected chi connectivity index (χ2v) is 10.1. The van der Waals surface area contributed by atoms with Crippen LogP contribution in [-0.4, -0.2) is 46.6 Å². The second-order valence-electron chi connectivity index (χ2n) is 8.42. The standard InChI is InChI=1S/C27H22N6O6S/c1-39-19-13-17(12-18(34)15-19)28-25-26(32-22-9-3-2-8-21(22)31-25)33-40(37,38)20-7-4-6-16(14-20)29-27(36)23-10-5-11-24(35)30-23/h2-15,34H,1H3,(H,28,31)(H,29,36)(H,30,35)(H,32,33). The van der Waals surface area contributed by atoms with Gasteiger partial charge in [0.15, 0.2) is 11.6 Å². The normalized spacial score (nSPS) is 11.1. The van der Waals surface area contributed by atoms with Crippen molar-refractivity contribution in [1.82, 2.24) is 15.0 Å². The van der Waals surface area contributed by atoms with Crippen molar-refractivity contribution in [2.45, 2.75) is 4.90 Å². The lowest BCUT2D eigenvalue weighted by Gasteiger charge is -2.15. The third-order valence-electron chi connectivity index (χ3n) is 5.56. The highest BCUT2D eigenvalue weighted by molar-refractivity contribution is 7.92. The number of phenolic OH excluding ortho intramolecular Hbond substituents is 1. The Bertz CT molecular complexity index is 1850. The van der Waals surface area contributed by atoms with Gasteiger partial charge in [-0.3, -0.25) is 9.52 Å². The van der Waals surface area contributed by atoms with Gasteiger partial charge in [0.25, 0.3) is 15.9 Å². The maximum Gasteiger partial charge on any atom is 0.274 e. The van der Waals surface area contributed by atoms with Gasteiger partial charge in [-0.15, -0.1) is 0 Å². The van der Waals surface area contributed by atoms with E-state index in [0.717, 1.165) is 0 Å². The average molecular weight is 559 g/mol. The Labute approximate surface area is 228 Å². The fourth-order valence-corrected chi connectivity index (χ4v) is 4.80. The number of amides is 1. The Hall–Kier alpha value is -5.43. The van der Waals surface area contributed by atoms with Crippen LogP contribution >= 0.6 is 0 Å². The molecule has 2 heterocycles. The molecule has 202 valence electrons. The maximum atomic E-state index is 13.4. The van der Waals surface area contributed by atoms with Gasteiger partial charge < -0.3 is 25.6 Å². The molecule has 2 aromatic heterocycles.